The highest BCUT2D eigenvalue weighted by Gasteiger charge is 2.32. The zero-order chi connectivity index (χ0) is 38.2. The maximum Gasteiger partial charge on any atom is 0.224 e. The number of amides is 2. The summed E-state index contributed by atoms with van der Waals surface area (Å²) in [6.07, 6.45) is 9.65. The summed E-state index contributed by atoms with van der Waals surface area (Å²) < 4.78 is 0. The second-order valence-corrected chi connectivity index (χ2v) is 14.0. The second-order valence-electron chi connectivity index (χ2n) is 14.0. The van der Waals surface area contributed by atoms with Gasteiger partial charge in [0, 0.05) is 27.8 Å². The van der Waals surface area contributed by atoms with E-state index in [1.807, 2.05) is 43.3 Å². The van der Waals surface area contributed by atoms with Gasteiger partial charge in [-0.25, -0.2) is 0 Å². The van der Waals surface area contributed by atoms with Crippen LogP contribution in [0.3, 0.4) is 0 Å². The van der Waals surface area contributed by atoms with Crippen LogP contribution in [0.15, 0.2) is 36.4 Å². The molecule has 0 fully saturated rings. The SMILES string of the molecule is CC#Cc1ccc(C#Cc2cc(CC(=O)NC(CCCN)(CCCN)CCCN)c(C)cc2CC(=O)NC(CCCN)(CCCN)CCCN)cc1. The summed E-state index contributed by atoms with van der Waals surface area (Å²) in [5.74, 6) is 12.4. The lowest BCUT2D eigenvalue weighted by atomic mass is 9.83. The molecule has 0 radical (unpaired) electrons. The second kappa shape index (κ2) is 24.5. The molecule has 52 heavy (non-hydrogen) atoms. The van der Waals surface area contributed by atoms with Crippen molar-refractivity contribution in [3.8, 4) is 23.7 Å². The van der Waals surface area contributed by atoms with Crippen molar-refractivity contribution in [2.24, 2.45) is 34.4 Å². The number of rotatable bonds is 24. The van der Waals surface area contributed by atoms with Crippen LogP contribution in [0.4, 0.5) is 0 Å². The molecular weight excluding hydrogens is 649 g/mol. The molecule has 0 aliphatic heterocycles. The molecule has 2 amide bonds. The van der Waals surface area contributed by atoms with Crippen LogP contribution in [-0.4, -0.2) is 62.2 Å². The number of hydrogen-bond donors (Lipinski definition) is 8. The van der Waals surface area contributed by atoms with Crippen molar-refractivity contribution in [3.05, 3.63) is 69.8 Å². The molecule has 10 heteroatoms. The first kappa shape index (κ1) is 44.4. The molecule has 0 bridgehead atoms. The topological polar surface area (TPSA) is 214 Å². The maximum absolute atomic E-state index is 13.9. The van der Waals surface area contributed by atoms with Gasteiger partial charge >= 0.3 is 0 Å². The number of aryl methyl sites for hydroxylation is 1. The van der Waals surface area contributed by atoms with E-state index in [2.05, 4.69) is 34.3 Å². The Labute approximate surface area is 313 Å². The lowest BCUT2D eigenvalue weighted by molar-refractivity contribution is -0.123. The van der Waals surface area contributed by atoms with Crippen molar-refractivity contribution < 1.29 is 9.59 Å². The Morgan fingerprint density at radius 1 is 0.558 bits per heavy atom. The maximum atomic E-state index is 13.9. The van der Waals surface area contributed by atoms with Crippen LogP contribution >= 0.6 is 0 Å². The van der Waals surface area contributed by atoms with E-state index in [0.717, 1.165) is 105 Å². The van der Waals surface area contributed by atoms with Crippen molar-refractivity contribution in [3.63, 3.8) is 0 Å². The minimum atomic E-state index is -0.429. The van der Waals surface area contributed by atoms with Crippen LogP contribution in [0.25, 0.3) is 0 Å². The normalized spacial score (nSPS) is 11.3. The van der Waals surface area contributed by atoms with E-state index < -0.39 is 11.1 Å². The number of carbonyl (C=O) groups is 2. The van der Waals surface area contributed by atoms with Crippen molar-refractivity contribution >= 4 is 11.8 Å². The average molecular weight is 715 g/mol. The first-order valence-electron chi connectivity index (χ1n) is 19.1. The molecule has 286 valence electrons. The van der Waals surface area contributed by atoms with Gasteiger partial charge in [0.2, 0.25) is 11.8 Å². The quantitative estimate of drug-likeness (QED) is 0.0755. The lowest BCUT2D eigenvalue weighted by Crippen LogP contribution is -2.50. The molecule has 2 rings (SSSR count). The van der Waals surface area contributed by atoms with E-state index in [1.165, 1.54) is 0 Å². The fourth-order valence-electron chi connectivity index (χ4n) is 6.98. The molecule has 0 aromatic heterocycles. The van der Waals surface area contributed by atoms with Crippen molar-refractivity contribution in [2.45, 2.75) is 115 Å². The number of hydrogen-bond acceptors (Lipinski definition) is 8. The average Bonchev–Trinajstić information content (AvgIpc) is 3.13. The van der Waals surface area contributed by atoms with Crippen LogP contribution in [-0.2, 0) is 22.4 Å². The Bertz CT molecular complexity index is 1460. The molecule has 10 nitrogen and oxygen atoms in total. The van der Waals surface area contributed by atoms with Gasteiger partial charge in [0.15, 0.2) is 0 Å². The Morgan fingerprint density at radius 2 is 0.923 bits per heavy atom. The lowest BCUT2D eigenvalue weighted by Gasteiger charge is -2.36. The molecule has 0 saturated carbocycles. The van der Waals surface area contributed by atoms with Gasteiger partial charge in [0.1, 0.15) is 0 Å². The molecule has 2 aromatic rings. The molecule has 2 aromatic carbocycles. The van der Waals surface area contributed by atoms with Crippen LogP contribution in [0.1, 0.15) is 117 Å². The zero-order valence-corrected chi connectivity index (χ0v) is 31.9. The largest absolute Gasteiger partial charge is 0.350 e. The molecule has 0 spiro atoms. The monoisotopic (exact) mass is 715 g/mol. The van der Waals surface area contributed by atoms with Gasteiger partial charge in [-0.05, 0) is 177 Å². The Morgan fingerprint density at radius 3 is 1.29 bits per heavy atom. The van der Waals surface area contributed by atoms with E-state index in [0.29, 0.717) is 44.8 Å². The molecule has 14 N–H and O–H groups in total. The van der Waals surface area contributed by atoms with Crippen molar-refractivity contribution in [1.29, 1.82) is 0 Å². The number of nitrogens with one attached hydrogen (secondary N) is 2. The summed E-state index contributed by atoms with van der Waals surface area (Å²) >= 11 is 0. The zero-order valence-electron chi connectivity index (χ0n) is 31.9. The summed E-state index contributed by atoms with van der Waals surface area (Å²) in [5, 5.41) is 6.77. The summed E-state index contributed by atoms with van der Waals surface area (Å²) in [5.41, 5.74) is 39.6. The first-order valence-corrected chi connectivity index (χ1v) is 19.1. The van der Waals surface area contributed by atoms with E-state index in [9.17, 15) is 9.59 Å². The van der Waals surface area contributed by atoms with Gasteiger partial charge < -0.3 is 45.0 Å². The third-order valence-electron chi connectivity index (χ3n) is 9.73. The van der Waals surface area contributed by atoms with Crippen molar-refractivity contribution in [2.75, 3.05) is 39.3 Å². The van der Waals surface area contributed by atoms with E-state index >= 15 is 0 Å². The van der Waals surface area contributed by atoms with Gasteiger partial charge in [-0.15, -0.1) is 5.92 Å². The predicted octanol–water partition coefficient (Wildman–Crippen LogP) is 2.99. The molecule has 0 heterocycles. The van der Waals surface area contributed by atoms with Gasteiger partial charge in [0.25, 0.3) is 0 Å². The van der Waals surface area contributed by atoms with Gasteiger partial charge in [-0.3, -0.25) is 9.59 Å². The first-order chi connectivity index (χ1) is 25.1. The number of carbonyl (C=O) groups excluding carboxylic acids is 2. The van der Waals surface area contributed by atoms with Crippen LogP contribution in [0.2, 0.25) is 0 Å². The van der Waals surface area contributed by atoms with Gasteiger partial charge in [-0.1, -0.05) is 23.8 Å². The Hall–Kier alpha value is -3.74. The van der Waals surface area contributed by atoms with Gasteiger partial charge in [0.05, 0.1) is 12.8 Å². The third kappa shape index (κ3) is 15.5. The minimum Gasteiger partial charge on any atom is -0.350 e. The molecule has 0 atom stereocenters. The highest BCUT2D eigenvalue weighted by Crippen LogP contribution is 2.28. The number of benzene rings is 2. The Balaban J connectivity index is 2.53. The summed E-state index contributed by atoms with van der Waals surface area (Å²) in [7, 11) is 0. The fraction of sp³-hybridized carbons (Fsp3) is 0.571. The smallest absolute Gasteiger partial charge is 0.224 e. The molecule has 0 aliphatic carbocycles. The molecular formula is C42H66N8O2. The van der Waals surface area contributed by atoms with Crippen molar-refractivity contribution in [1.82, 2.24) is 10.6 Å². The summed E-state index contributed by atoms with van der Waals surface area (Å²) in [6.45, 7) is 7.03. The fourth-order valence-corrected chi connectivity index (χ4v) is 6.98. The predicted molar refractivity (Wildman–Crippen MR) is 215 cm³/mol. The summed E-state index contributed by atoms with van der Waals surface area (Å²) in [6, 6.07) is 11.7. The van der Waals surface area contributed by atoms with Crippen LogP contribution in [0.5, 0.6) is 0 Å². The third-order valence-corrected chi connectivity index (χ3v) is 9.73. The summed E-state index contributed by atoms with van der Waals surface area (Å²) in [4.78, 5) is 27.7. The van der Waals surface area contributed by atoms with E-state index in [-0.39, 0.29) is 24.7 Å². The van der Waals surface area contributed by atoms with E-state index in [4.69, 9.17) is 34.4 Å². The van der Waals surface area contributed by atoms with Crippen LogP contribution < -0.4 is 45.0 Å². The highest BCUT2D eigenvalue weighted by molar-refractivity contribution is 5.82. The minimum absolute atomic E-state index is 0.0734. The van der Waals surface area contributed by atoms with E-state index in [1.54, 1.807) is 6.92 Å². The van der Waals surface area contributed by atoms with Gasteiger partial charge in [-0.2, -0.15) is 0 Å². The molecule has 0 unspecified atom stereocenters. The Kier molecular flexibility index (Phi) is 20.9. The standard InChI is InChI=1S/C42H66N8O2/c1-3-10-34-11-13-35(14-12-34)15-16-36-30-37(31-39(51)49-41(17-4-23-43,18-5-24-44)19-6-25-45)33(2)29-38(36)32-40(52)50-42(20-7-26-46,21-8-27-47)22-9-28-48/h11-14,29-30H,4-9,17-28,31-32,43-48H2,1-2H3,(H,49,51)(H,50,52). The molecule has 0 aliphatic rings. The van der Waals surface area contributed by atoms with Crippen LogP contribution in [0, 0.1) is 30.6 Å². The highest BCUT2D eigenvalue weighted by atomic mass is 16.2. The molecule has 0 saturated heterocycles. The number of nitrogens with two attached hydrogens (primary N) is 6.